The molecule has 3 aromatic rings. The van der Waals surface area contributed by atoms with Gasteiger partial charge >= 0.3 is 0 Å². The Bertz CT molecular complexity index is 1070. The first-order chi connectivity index (χ1) is 11.9. The summed E-state index contributed by atoms with van der Waals surface area (Å²) in [4.78, 5) is 12.2. The maximum atomic E-state index is 12.7. The van der Waals surface area contributed by atoms with E-state index in [1.54, 1.807) is 49.6 Å². The van der Waals surface area contributed by atoms with Gasteiger partial charge in [0.15, 0.2) is 9.84 Å². The second-order valence-corrected chi connectivity index (χ2v) is 8.38. The van der Waals surface area contributed by atoms with Crippen LogP contribution in [0.2, 0.25) is 0 Å². The lowest BCUT2D eigenvalue weighted by molar-refractivity contribution is 0.414. The van der Waals surface area contributed by atoms with E-state index in [9.17, 15) is 13.2 Å². The second kappa shape index (κ2) is 6.85. The fourth-order valence-electron chi connectivity index (χ4n) is 2.44. The quantitative estimate of drug-likeness (QED) is 0.684. The lowest BCUT2D eigenvalue weighted by atomic mass is 10.2. The third kappa shape index (κ3) is 3.67. The summed E-state index contributed by atoms with van der Waals surface area (Å²) >= 11 is 0.907. The molecule has 0 aliphatic rings. The molecule has 0 saturated heterocycles. The summed E-state index contributed by atoms with van der Waals surface area (Å²) in [7, 11) is -0.663. The van der Waals surface area contributed by atoms with Crippen molar-refractivity contribution >= 4 is 31.3 Å². The van der Waals surface area contributed by atoms with E-state index in [0.29, 0.717) is 27.1 Å². The molecule has 130 valence electrons. The average molecular weight is 376 g/mol. The Morgan fingerprint density at radius 1 is 0.920 bits per heavy atom. The number of hydrogen-bond donors (Lipinski definition) is 0. The van der Waals surface area contributed by atoms with Crippen LogP contribution in [0.1, 0.15) is 5.56 Å². The Labute approximate surface area is 149 Å². The van der Waals surface area contributed by atoms with Crippen molar-refractivity contribution in [1.82, 2.24) is 0 Å². The molecule has 3 rings (SSSR count). The molecule has 0 saturated carbocycles. The fraction of sp³-hybridized carbons (Fsp3) is 0.167. The molecule has 0 aliphatic heterocycles. The molecular formula is C18H16O5S2. The average Bonchev–Trinajstić information content (AvgIpc) is 2.60. The molecule has 0 radical (unpaired) electrons. The summed E-state index contributed by atoms with van der Waals surface area (Å²) in [6, 6.07) is 13.4. The van der Waals surface area contributed by atoms with Crippen molar-refractivity contribution in [2.75, 3.05) is 14.2 Å². The first kappa shape index (κ1) is 17.4. The van der Waals surface area contributed by atoms with E-state index >= 15 is 0 Å². The highest BCUT2D eigenvalue weighted by molar-refractivity contribution is 7.90. The van der Waals surface area contributed by atoms with Crippen LogP contribution in [-0.4, -0.2) is 22.6 Å². The van der Waals surface area contributed by atoms with E-state index in [4.69, 9.17) is 9.47 Å². The Hall–Kier alpha value is -2.38. The van der Waals surface area contributed by atoms with Gasteiger partial charge in [-0.15, -0.1) is 0 Å². The van der Waals surface area contributed by atoms with Gasteiger partial charge in [0.1, 0.15) is 16.4 Å². The minimum atomic E-state index is -3.74. The topological polar surface area (TPSA) is 69.7 Å². The van der Waals surface area contributed by atoms with Crippen molar-refractivity contribution < 1.29 is 17.9 Å². The molecule has 1 aromatic heterocycles. The van der Waals surface area contributed by atoms with Gasteiger partial charge in [0.25, 0.3) is 4.74 Å². The van der Waals surface area contributed by atoms with Crippen molar-refractivity contribution in [2.45, 2.75) is 10.6 Å². The van der Waals surface area contributed by atoms with Gasteiger partial charge in [-0.1, -0.05) is 23.5 Å². The minimum absolute atomic E-state index is 0.175. The van der Waals surface area contributed by atoms with Gasteiger partial charge < -0.3 is 9.47 Å². The monoisotopic (exact) mass is 376 g/mol. The molecular weight excluding hydrogens is 360 g/mol. The minimum Gasteiger partial charge on any atom is -0.497 e. The maximum Gasteiger partial charge on any atom is 0.251 e. The van der Waals surface area contributed by atoms with Gasteiger partial charge in [-0.25, -0.2) is 8.42 Å². The van der Waals surface area contributed by atoms with E-state index in [-0.39, 0.29) is 10.6 Å². The molecule has 0 fully saturated rings. The Morgan fingerprint density at radius 2 is 1.56 bits per heavy atom. The molecule has 0 amide bonds. The van der Waals surface area contributed by atoms with Crippen LogP contribution in [0.3, 0.4) is 0 Å². The van der Waals surface area contributed by atoms with E-state index < -0.39 is 14.6 Å². The molecule has 7 heteroatoms. The van der Waals surface area contributed by atoms with Crippen LogP contribution in [0.5, 0.6) is 11.5 Å². The number of sulfone groups is 1. The van der Waals surface area contributed by atoms with Crippen molar-refractivity contribution in [2.24, 2.45) is 0 Å². The highest BCUT2D eigenvalue weighted by Gasteiger charge is 2.20. The maximum absolute atomic E-state index is 12.7. The zero-order valence-corrected chi connectivity index (χ0v) is 15.3. The fourth-order valence-corrected chi connectivity index (χ4v) is 5.07. The zero-order valence-electron chi connectivity index (χ0n) is 13.7. The summed E-state index contributed by atoms with van der Waals surface area (Å²) in [5.41, 5.74) is 0.597. The summed E-state index contributed by atoms with van der Waals surface area (Å²) in [5.74, 6) is 1.03. The largest absolute Gasteiger partial charge is 0.497 e. The standard InChI is InChI=1S/C18H16O5S2/c1-22-14-6-3-12(4-7-14)11-25(20,21)17-9-13-5-8-15(23-2)10-16(13)24-18(17)19/h3-10H,11H2,1-2H3. The van der Waals surface area contributed by atoms with Crippen LogP contribution in [0.15, 0.2) is 58.2 Å². The van der Waals surface area contributed by atoms with Gasteiger partial charge in [-0.05, 0) is 47.3 Å². The number of hydrogen-bond acceptors (Lipinski definition) is 6. The van der Waals surface area contributed by atoms with Crippen LogP contribution >= 0.6 is 11.3 Å². The first-order valence-corrected chi connectivity index (χ1v) is 9.87. The second-order valence-electron chi connectivity index (χ2n) is 5.41. The third-order valence-electron chi connectivity index (χ3n) is 3.76. The molecule has 5 nitrogen and oxygen atoms in total. The third-order valence-corrected chi connectivity index (χ3v) is 6.56. The Balaban J connectivity index is 2.01. The van der Waals surface area contributed by atoms with Crippen molar-refractivity contribution in [1.29, 1.82) is 0 Å². The molecule has 0 N–H and O–H groups in total. The molecule has 0 atom stereocenters. The van der Waals surface area contributed by atoms with E-state index in [1.807, 2.05) is 0 Å². The number of rotatable bonds is 5. The van der Waals surface area contributed by atoms with Crippen molar-refractivity contribution in [3.05, 3.63) is 63.6 Å². The number of ether oxygens (including phenoxy) is 2. The summed E-state index contributed by atoms with van der Waals surface area (Å²) in [6.07, 6.45) is 0. The summed E-state index contributed by atoms with van der Waals surface area (Å²) in [5, 5.41) is 0.693. The van der Waals surface area contributed by atoms with Gasteiger partial charge in [-0.2, -0.15) is 0 Å². The van der Waals surface area contributed by atoms with E-state index in [2.05, 4.69) is 0 Å². The van der Waals surface area contributed by atoms with Crippen LogP contribution < -0.4 is 14.2 Å². The van der Waals surface area contributed by atoms with E-state index in [1.165, 1.54) is 13.2 Å². The van der Waals surface area contributed by atoms with Crippen LogP contribution in [0, 0.1) is 0 Å². The zero-order chi connectivity index (χ0) is 18.0. The van der Waals surface area contributed by atoms with Gasteiger partial charge in [0, 0.05) is 4.70 Å². The van der Waals surface area contributed by atoms with Crippen LogP contribution in [0.25, 0.3) is 10.1 Å². The van der Waals surface area contributed by atoms with Crippen LogP contribution in [0.4, 0.5) is 0 Å². The lowest BCUT2D eigenvalue weighted by Gasteiger charge is -2.07. The molecule has 0 bridgehead atoms. The van der Waals surface area contributed by atoms with Gasteiger partial charge in [-0.3, -0.25) is 4.79 Å². The number of fused-ring (bicyclic) bond motifs is 1. The Morgan fingerprint density at radius 3 is 2.20 bits per heavy atom. The van der Waals surface area contributed by atoms with Crippen molar-refractivity contribution in [3.8, 4) is 11.5 Å². The highest BCUT2D eigenvalue weighted by Crippen LogP contribution is 2.26. The molecule has 0 aliphatic carbocycles. The lowest BCUT2D eigenvalue weighted by Crippen LogP contribution is -2.14. The predicted molar refractivity (Wildman–Crippen MR) is 98.5 cm³/mol. The van der Waals surface area contributed by atoms with Gasteiger partial charge in [0.05, 0.1) is 20.0 Å². The number of benzene rings is 2. The normalized spacial score (nSPS) is 11.4. The SMILES string of the molecule is COc1ccc(CS(=O)(=O)c2cc3ccc(OC)cc3sc2=O)cc1. The van der Waals surface area contributed by atoms with Crippen molar-refractivity contribution in [3.63, 3.8) is 0 Å². The van der Waals surface area contributed by atoms with Gasteiger partial charge in [0.2, 0.25) is 0 Å². The number of methoxy groups -OCH3 is 2. The predicted octanol–water partition coefficient (Wildman–Crippen LogP) is 3.25. The molecule has 1 heterocycles. The van der Waals surface area contributed by atoms with E-state index in [0.717, 1.165) is 11.3 Å². The molecule has 25 heavy (non-hydrogen) atoms. The summed E-state index contributed by atoms with van der Waals surface area (Å²) in [6.45, 7) is 0. The molecule has 0 spiro atoms. The smallest absolute Gasteiger partial charge is 0.251 e. The highest BCUT2D eigenvalue weighted by atomic mass is 32.2. The van der Waals surface area contributed by atoms with Crippen LogP contribution in [-0.2, 0) is 15.6 Å². The molecule has 0 unspecified atom stereocenters. The summed E-state index contributed by atoms with van der Waals surface area (Å²) < 4.78 is 35.8. The molecule has 2 aromatic carbocycles. The Kier molecular flexibility index (Phi) is 4.78. The first-order valence-electron chi connectivity index (χ1n) is 7.40.